The molecular weight excluding hydrogens is 168 g/mol. The predicted octanol–water partition coefficient (Wildman–Crippen LogP) is 3.59. The highest BCUT2D eigenvalue weighted by Gasteiger charge is 2.04. The van der Waals surface area contributed by atoms with Gasteiger partial charge in [-0.1, -0.05) is 36.4 Å². The van der Waals surface area contributed by atoms with Crippen LogP contribution in [0.5, 0.6) is 0 Å². The molecule has 0 amide bonds. The molecule has 1 aromatic rings. The first kappa shape index (κ1) is 9.34. The van der Waals surface area contributed by atoms with E-state index in [9.17, 15) is 0 Å². The minimum Gasteiger partial charge on any atom is -0.127 e. The van der Waals surface area contributed by atoms with E-state index in [1.54, 1.807) is 0 Å². The lowest BCUT2D eigenvalue weighted by Gasteiger charge is -2.09. The molecule has 0 aliphatic heterocycles. The van der Waals surface area contributed by atoms with Gasteiger partial charge in [0.1, 0.15) is 0 Å². The molecular formula is C11H13Cl. The summed E-state index contributed by atoms with van der Waals surface area (Å²) in [5.41, 5.74) is 1.30. The molecule has 1 rings (SSSR count). The van der Waals surface area contributed by atoms with Gasteiger partial charge in [0.05, 0.1) is 0 Å². The molecule has 0 nitrogen and oxygen atoms in total. The molecule has 1 unspecified atom stereocenters. The minimum atomic E-state index is 0.406. The van der Waals surface area contributed by atoms with Gasteiger partial charge in [0.25, 0.3) is 0 Å². The molecule has 0 fully saturated rings. The second kappa shape index (κ2) is 5.00. The molecule has 0 aromatic heterocycles. The van der Waals surface area contributed by atoms with E-state index in [1.807, 2.05) is 24.3 Å². The normalized spacial score (nSPS) is 12.4. The van der Waals surface area contributed by atoms with Gasteiger partial charge in [0, 0.05) is 11.8 Å². The first-order valence-corrected chi connectivity index (χ1v) is 4.65. The van der Waals surface area contributed by atoms with E-state index in [0.29, 0.717) is 11.8 Å². The summed E-state index contributed by atoms with van der Waals surface area (Å²) in [5.74, 6) is 1.09. The smallest absolute Gasteiger partial charge is 0.0232 e. The second-order valence-electron chi connectivity index (χ2n) is 2.73. The molecule has 0 heterocycles. The highest BCUT2D eigenvalue weighted by molar-refractivity contribution is 6.17. The van der Waals surface area contributed by atoms with Crippen molar-refractivity contribution in [3.8, 4) is 0 Å². The van der Waals surface area contributed by atoms with E-state index in [4.69, 9.17) is 11.6 Å². The topological polar surface area (TPSA) is 0 Å². The number of hydrogen-bond donors (Lipinski definition) is 0. The molecule has 64 valence electrons. The fourth-order valence-electron chi connectivity index (χ4n) is 1.24. The van der Waals surface area contributed by atoms with E-state index in [1.165, 1.54) is 5.56 Å². The molecule has 1 aromatic carbocycles. The molecule has 1 atom stereocenters. The lowest BCUT2D eigenvalue weighted by Crippen LogP contribution is -1.94. The van der Waals surface area contributed by atoms with Crippen molar-refractivity contribution in [3.05, 3.63) is 48.6 Å². The van der Waals surface area contributed by atoms with Crippen molar-refractivity contribution in [1.82, 2.24) is 0 Å². The van der Waals surface area contributed by atoms with Gasteiger partial charge < -0.3 is 0 Å². The zero-order chi connectivity index (χ0) is 8.81. The van der Waals surface area contributed by atoms with Gasteiger partial charge in [-0.25, -0.2) is 0 Å². The highest BCUT2D eigenvalue weighted by Crippen LogP contribution is 2.20. The third kappa shape index (κ3) is 2.38. The molecule has 0 radical (unpaired) electrons. The van der Waals surface area contributed by atoms with Crippen LogP contribution < -0.4 is 0 Å². The van der Waals surface area contributed by atoms with Crippen LogP contribution in [0.4, 0.5) is 0 Å². The maximum atomic E-state index is 5.68. The Hall–Kier alpha value is -0.750. The van der Waals surface area contributed by atoms with Gasteiger partial charge in [-0.05, 0) is 12.0 Å². The Balaban J connectivity index is 2.73. The van der Waals surface area contributed by atoms with Crippen LogP contribution in [0.25, 0.3) is 0 Å². The summed E-state index contributed by atoms with van der Waals surface area (Å²) in [6, 6.07) is 10.3. The zero-order valence-corrected chi connectivity index (χ0v) is 7.80. The second-order valence-corrected chi connectivity index (χ2v) is 3.11. The molecule has 0 saturated carbocycles. The van der Waals surface area contributed by atoms with Gasteiger partial charge in [-0.2, -0.15) is 0 Å². The average molecular weight is 181 g/mol. The largest absolute Gasteiger partial charge is 0.127 e. The molecule has 0 N–H and O–H groups in total. The highest BCUT2D eigenvalue weighted by atomic mass is 35.5. The lowest BCUT2D eigenvalue weighted by atomic mass is 9.97. The average Bonchev–Trinajstić information content (AvgIpc) is 2.15. The van der Waals surface area contributed by atoms with Crippen molar-refractivity contribution in [2.24, 2.45) is 0 Å². The number of alkyl halides is 1. The predicted molar refractivity (Wildman–Crippen MR) is 54.7 cm³/mol. The monoisotopic (exact) mass is 180 g/mol. The number of hydrogen-bond acceptors (Lipinski definition) is 0. The first-order chi connectivity index (χ1) is 5.88. The van der Waals surface area contributed by atoms with Crippen molar-refractivity contribution in [2.75, 3.05) is 5.88 Å². The third-order valence-electron chi connectivity index (χ3n) is 1.93. The fourth-order valence-corrected chi connectivity index (χ4v) is 1.47. The van der Waals surface area contributed by atoms with Gasteiger partial charge in [0.15, 0.2) is 0 Å². The van der Waals surface area contributed by atoms with Crippen molar-refractivity contribution >= 4 is 11.6 Å². The number of allylic oxidation sites excluding steroid dienone is 1. The fraction of sp³-hybridized carbons (Fsp3) is 0.273. The minimum absolute atomic E-state index is 0.406. The maximum Gasteiger partial charge on any atom is 0.0232 e. The van der Waals surface area contributed by atoms with Crippen molar-refractivity contribution in [3.63, 3.8) is 0 Å². The summed E-state index contributed by atoms with van der Waals surface area (Å²) in [5, 5.41) is 0. The van der Waals surface area contributed by atoms with Crippen molar-refractivity contribution in [1.29, 1.82) is 0 Å². The number of benzene rings is 1. The van der Waals surface area contributed by atoms with Crippen LogP contribution in [0, 0.1) is 0 Å². The number of rotatable bonds is 4. The Labute approximate surface area is 78.9 Å². The third-order valence-corrected chi connectivity index (χ3v) is 2.15. The number of halogens is 1. The van der Waals surface area contributed by atoms with E-state index < -0.39 is 0 Å². The Morgan fingerprint density at radius 2 is 2.00 bits per heavy atom. The summed E-state index contributed by atoms with van der Waals surface area (Å²) >= 11 is 5.68. The van der Waals surface area contributed by atoms with Gasteiger partial charge in [-0.15, -0.1) is 18.2 Å². The Kier molecular flexibility index (Phi) is 3.89. The van der Waals surface area contributed by atoms with Crippen LogP contribution in [0.15, 0.2) is 43.0 Å². The standard InChI is InChI=1S/C11H13Cl/c1-2-10(8-9-12)11-6-4-3-5-7-11/h2-7,10H,1,8-9H2. The molecule has 0 bridgehead atoms. The van der Waals surface area contributed by atoms with Crippen LogP contribution in [0.2, 0.25) is 0 Å². The Bertz CT molecular complexity index is 228. The zero-order valence-electron chi connectivity index (χ0n) is 7.04. The van der Waals surface area contributed by atoms with Crippen molar-refractivity contribution in [2.45, 2.75) is 12.3 Å². The summed E-state index contributed by atoms with van der Waals surface area (Å²) in [7, 11) is 0. The van der Waals surface area contributed by atoms with E-state index in [-0.39, 0.29) is 0 Å². The summed E-state index contributed by atoms with van der Waals surface area (Å²) in [6.45, 7) is 3.80. The molecule has 0 saturated heterocycles. The van der Waals surface area contributed by atoms with E-state index >= 15 is 0 Å². The van der Waals surface area contributed by atoms with Crippen LogP contribution in [0.3, 0.4) is 0 Å². The van der Waals surface area contributed by atoms with Crippen LogP contribution in [0.1, 0.15) is 17.9 Å². The summed E-state index contributed by atoms with van der Waals surface area (Å²) in [4.78, 5) is 0. The van der Waals surface area contributed by atoms with Gasteiger partial charge >= 0.3 is 0 Å². The Morgan fingerprint density at radius 1 is 1.33 bits per heavy atom. The molecule has 1 heteroatoms. The molecule has 12 heavy (non-hydrogen) atoms. The first-order valence-electron chi connectivity index (χ1n) is 4.12. The maximum absolute atomic E-state index is 5.68. The van der Waals surface area contributed by atoms with Crippen molar-refractivity contribution < 1.29 is 0 Å². The molecule has 0 aliphatic rings. The van der Waals surface area contributed by atoms with Crippen LogP contribution >= 0.6 is 11.6 Å². The lowest BCUT2D eigenvalue weighted by molar-refractivity contribution is 0.813. The van der Waals surface area contributed by atoms with Crippen LogP contribution in [-0.2, 0) is 0 Å². The summed E-state index contributed by atoms with van der Waals surface area (Å²) < 4.78 is 0. The Morgan fingerprint density at radius 3 is 2.50 bits per heavy atom. The van der Waals surface area contributed by atoms with Gasteiger partial charge in [-0.3, -0.25) is 0 Å². The van der Waals surface area contributed by atoms with E-state index in [2.05, 4.69) is 18.7 Å². The van der Waals surface area contributed by atoms with Gasteiger partial charge in [0.2, 0.25) is 0 Å². The molecule has 0 spiro atoms. The molecule has 0 aliphatic carbocycles. The van der Waals surface area contributed by atoms with Crippen LogP contribution in [-0.4, -0.2) is 5.88 Å². The SMILES string of the molecule is C=CC(CCCl)c1ccccc1. The summed E-state index contributed by atoms with van der Waals surface area (Å²) in [6.07, 6.45) is 2.92. The van der Waals surface area contributed by atoms with E-state index in [0.717, 1.165) is 6.42 Å². The quantitative estimate of drug-likeness (QED) is 0.491.